The molecule has 0 aromatic heterocycles. The van der Waals surface area contributed by atoms with Crippen LogP contribution in [0.5, 0.6) is 0 Å². The number of nitrogens with zero attached hydrogens (tertiary/aromatic N) is 2. The number of amidine groups is 1. The van der Waals surface area contributed by atoms with Crippen molar-refractivity contribution in [2.75, 3.05) is 20.6 Å². The third-order valence-corrected chi connectivity index (χ3v) is 4.92. The van der Waals surface area contributed by atoms with E-state index in [1.165, 1.54) is 50.9 Å². The molecule has 1 aliphatic carbocycles. The van der Waals surface area contributed by atoms with Crippen molar-refractivity contribution in [2.24, 2.45) is 16.8 Å². The molecule has 2 aliphatic rings. The van der Waals surface area contributed by atoms with Gasteiger partial charge in [-0.2, -0.15) is 0 Å². The Morgan fingerprint density at radius 1 is 1.29 bits per heavy atom. The van der Waals surface area contributed by atoms with Crippen LogP contribution >= 0.6 is 0 Å². The van der Waals surface area contributed by atoms with Gasteiger partial charge in [-0.3, -0.25) is 4.99 Å². The summed E-state index contributed by atoms with van der Waals surface area (Å²) in [7, 11) is 6.62. The van der Waals surface area contributed by atoms with Crippen molar-refractivity contribution in [3.8, 4) is 0 Å². The largest absolute Gasteiger partial charge is 0.363 e. The topological polar surface area (TPSA) is 15.6 Å². The monoisotopic (exact) mass is 234 g/mol. The Bertz CT molecular complexity index is 299. The van der Waals surface area contributed by atoms with Crippen LogP contribution in [-0.2, 0) is 0 Å². The number of piperidine rings is 1. The van der Waals surface area contributed by atoms with E-state index in [-0.39, 0.29) is 0 Å². The lowest BCUT2D eigenvalue weighted by atomic mass is 9.60. The van der Waals surface area contributed by atoms with Gasteiger partial charge in [-0.05, 0) is 25.2 Å². The standard InChI is InChI=1S/C14H27BN2/c1-14(15)8-4-5-12-11(6-9-14)7-10-17(3)13(12)16-2/h11-12H,4-10,15H2,1-3H3/b16-13+. The highest BCUT2D eigenvalue weighted by Crippen LogP contribution is 2.43. The molecule has 0 aromatic carbocycles. The van der Waals surface area contributed by atoms with Gasteiger partial charge in [-0.25, -0.2) is 0 Å². The first-order valence-corrected chi connectivity index (χ1v) is 7.21. The van der Waals surface area contributed by atoms with Gasteiger partial charge in [0.25, 0.3) is 0 Å². The summed E-state index contributed by atoms with van der Waals surface area (Å²) in [5, 5.41) is 0.567. The number of fused-ring (bicyclic) bond motifs is 1. The molecule has 0 spiro atoms. The molecule has 0 radical (unpaired) electrons. The number of aliphatic imine (C=N–C) groups is 1. The van der Waals surface area contributed by atoms with Crippen molar-refractivity contribution in [3.05, 3.63) is 0 Å². The summed E-state index contributed by atoms with van der Waals surface area (Å²) in [6.07, 6.45) is 8.29. The predicted molar refractivity (Wildman–Crippen MR) is 77.6 cm³/mol. The minimum Gasteiger partial charge on any atom is -0.363 e. The van der Waals surface area contributed by atoms with E-state index in [1.54, 1.807) is 0 Å². The van der Waals surface area contributed by atoms with Gasteiger partial charge in [-0.15, -0.1) is 0 Å². The van der Waals surface area contributed by atoms with Gasteiger partial charge >= 0.3 is 0 Å². The number of likely N-dealkylation sites (tertiary alicyclic amines) is 1. The molecule has 0 N–H and O–H groups in total. The van der Waals surface area contributed by atoms with Crippen LogP contribution in [0, 0.1) is 11.8 Å². The van der Waals surface area contributed by atoms with Crippen LogP contribution in [0.4, 0.5) is 0 Å². The third kappa shape index (κ3) is 2.86. The molecule has 17 heavy (non-hydrogen) atoms. The Kier molecular flexibility index (Phi) is 3.84. The van der Waals surface area contributed by atoms with E-state index < -0.39 is 0 Å². The Morgan fingerprint density at radius 3 is 2.76 bits per heavy atom. The van der Waals surface area contributed by atoms with E-state index >= 15 is 0 Å². The van der Waals surface area contributed by atoms with Crippen molar-refractivity contribution in [2.45, 2.75) is 50.8 Å². The Labute approximate surface area is 107 Å². The molecule has 1 aliphatic heterocycles. The molecule has 3 atom stereocenters. The van der Waals surface area contributed by atoms with Crippen molar-refractivity contribution in [3.63, 3.8) is 0 Å². The second-order valence-electron chi connectivity index (χ2n) is 6.75. The zero-order valence-electron chi connectivity index (χ0n) is 12.0. The average Bonchev–Trinajstić information content (AvgIpc) is 2.26. The molecule has 1 saturated heterocycles. The summed E-state index contributed by atoms with van der Waals surface area (Å²) >= 11 is 0. The van der Waals surface area contributed by atoms with Crippen molar-refractivity contribution in [1.29, 1.82) is 0 Å². The number of hydrogen-bond donors (Lipinski definition) is 0. The molecule has 1 saturated carbocycles. The van der Waals surface area contributed by atoms with Gasteiger partial charge in [0, 0.05) is 26.6 Å². The fraction of sp³-hybridized carbons (Fsp3) is 0.929. The normalized spacial score (nSPS) is 41.8. The lowest BCUT2D eigenvalue weighted by molar-refractivity contribution is 0.220. The van der Waals surface area contributed by atoms with Crippen molar-refractivity contribution >= 4 is 13.7 Å². The van der Waals surface area contributed by atoms with Gasteiger partial charge in [0.2, 0.25) is 0 Å². The molecule has 1 heterocycles. The molecule has 2 rings (SSSR count). The predicted octanol–water partition coefficient (Wildman–Crippen LogP) is 2.36. The summed E-state index contributed by atoms with van der Waals surface area (Å²) in [5.41, 5.74) is 0. The van der Waals surface area contributed by atoms with Gasteiger partial charge < -0.3 is 4.90 Å². The Morgan fingerprint density at radius 2 is 2.06 bits per heavy atom. The van der Waals surface area contributed by atoms with Crippen molar-refractivity contribution in [1.82, 2.24) is 4.90 Å². The number of hydrogen-bond acceptors (Lipinski definition) is 1. The highest BCUT2D eigenvalue weighted by Gasteiger charge is 2.35. The fourth-order valence-electron chi connectivity index (χ4n) is 3.72. The van der Waals surface area contributed by atoms with Crippen LogP contribution in [0.2, 0.25) is 5.31 Å². The smallest absolute Gasteiger partial charge is 0.109 e. The molecule has 0 amide bonds. The lowest BCUT2D eigenvalue weighted by Crippen LogP contribution is -2.44. The molecular weight excluding hydrogens is 207 g/mol. The Balaban J connectivity index is 2.11. The lowest BCUT2D eigenvalue weighted by Gasteiger charge is -2.42. The summed E-state index contributed by atoms with van der Waals surface area (Å²) in [5.74, 6) is 3.01. The summed E-state index contributed by atoms with van der Waals surface area (Å²) in [4.78, 5) is 6.95. The van der Waals surface area contributed by atoms with Crippen LogP contribution in [0.25, 0.3) is 0 Å². The molecule has 0 aromatic rings. The fourth-order valence-corrected chi connectivity index (χ4v) is 3.72. The summed E-state index contributed by atoms with van der Waals surface area (Å²) < 4.78 is 0. The molecule has 2 fully saturated rings. The van der Waals surface area contributed by atoms with Crippen LogP contribution in [0.3, 0.4) is 0 Å². The zero-order valence-corrected chi connectivity index (χ0v) is 12.0. The first-order valence-electron chi connectivity index (χ1n) is 7.21. The highest BCUT2D eigenvalue weighted by molar-refractivity contribution is 6.14. The first-order chi connectivity index (χ1) is 8.03. The summed E-state index contributed by atoms with van der Waals surface area (Å²) in [6.45, 7) is 3.64. The van der Waals surface area contributed by atoms with Gasteiger partial charge in [-0.1, -0.05) is 31.5 Å². The minimum atomic E-state index is 0.567. The number of rotatable bonds is 0. The van der Waals surface area contributed by atoms with E-state index in [9.17, 15) is 0 Å². The van der Waals surface area contributed by atoms with E-state index in [2.05, 4.69) is 31.7 Å². The van der Waals surface area contributed by atoms with Crippen molar-refractivity contribution < 1.29 is 0 Å². The van der Waals surface area contributed by atoms with Crippen LogP contribution in [0.1, 0.15) is 45.4 Å². The average molecular weight is 234 g/mol. The molecule has 0 bridgehead atoms. The maximum atomic E-state index is 4.56. The van der Waals surface area contributed by atoms with Crippen LogP contribution in [-0.4, -0.2) is 39.2 Å². The first kappa shape index (κ1) is 13.0. The summed E-state index contributed by atoms with van der Waals surface area (Å²) in [6, 6.07) is 0. The second-order valence-corrected chi connectivity index (χ2v) is 6.75. The second kappa shape index (κ2) is 5.03. The molecule has 3 heteroatoms. The highest BCUT2D eigenvalue weighted by atomic mass is 15.2. The third-order valence-electron chi connectivity index (χ3n) is 4.92. The van der Waals surface area contributed by atoms with E-state index in [0.717, 1.165) is 11.8 Å². The SMILES string of the molecule is BC1(C)CCCC2/C(=N\C)N(C)CCC2CC1. The molecule has 96 valence electrons. The maximum Gasteiger partial charge on any atom is 0.109 e. The van der Waals surface area contributed by atoms with Gasteiger partial charge in [0.1, 0.15) is 13.7 Å². The van der Waals surface area contributed by atoms with Crippen LogP contribution in [0.15, 0.2) is 4.99 Å². The molecule has 2 nitrogen and oxygen atoms in total. The maximum absolute atomic E-state index is 4.56. The zero-order chi connectivity index (χ0) is 12.5. The van der Waals surface area contributed by atoms with Crippen LogP contribution < -0.4 is 0 Å². The van der Waals surface area contributed by atoms with E-state index in [0.29, 0.717) is 5.31 Å². The quantitative estimate of drug-likeness (QED) is 0.587. The van der Waals surface area contributed by atoms with E-state index in [4.69, 9.17) is 0 Å². The van der Waals surface area contributed by atoms with Gasteiger partial charge in [0.05, 0.1) is 0 Å². The molecule has 3 unspecified atom stereocenters. The van der Waals surface area contributed by atoms with Gasteiger partial charge in [0.15, 0.2) is 0 Å². The molecular formula is C14H27BN2. The minimum absolute atomic E-state index is 0.567. The van der Waals surface area contributed by atoms with E-state index in [1.807, 2.05) is 7.05 Å². The Hall–Kier alpha value is -0.465.